The number of aryl methyl sites for hydroxylation is 1. The number of hydrogen-bond donors (Lipinski definition) is 1. The molecular formula is C22H25FN2O2. The van der Waals surface area contributed by atoms with Crippen LogP contribution in [0.1, 0.15) is 30.4 Å². The first kappa shape index (κ1) is 19.1. The molecule has 1 N–H and O–H groups in total. The van der Waals surface area contributed by atoms with Gasteiger partial charge in [0.25, 0.3) is 0 Å². The Bertz CT molecular complexity index is 754. The molecule has 0 radical (unpaired) electrons. The van der Waals surface area contributed by atoms with Gasteiger partial charge in [0.1, 0.15) is 5.82 Å². The van der Waals surface area contributed by atoms with Crippen LogP contribution in [-0.2, 0) is 22.4 Å². The van der Waals surface area contributed by atoms with E-state index in [2.05, 4.69) is 5.32 Å². The number of carbonyl (C=O) groups excluding carboxylic acids is 2. The highest BCUT2D eigenvalue weighted by Crippen LogP contribution is 2.13. The van der Waals surface area contributed by atoms with E-state index in [0.717, 1.165) is 30.4 Å². The maximum atomic E-state index is 12.9. The van der Waals surface area contributed by atoms with Gasteiger partial charge in [0.15, 0.2) is 0 Å². The third-order valence-corrected chi connectivity index (χ3v) is 4.96. The van der Waals surface area contributed by atoms with E-state index in [1.807, 2.05) is 35.2 Å². The number of likely N-dealkylation sites (tertiary alicyclic amines) is 1. The molecule has 2 aromatic rings. The Morgan fingerprint density at radius 3 is 2.30 bits per heavy atom. The molecule has 0 aliphatic carbocycles. The molecule has 0 aromatic heterocycles. The summed E-state index contributed by atoms with van der Waals surface area (Å²) in [4.78, 5) is 26.4. The summed E-state index contributed by atoms with van der Waals surface area (Å²) in [5.74, 6) is -0.180. The minimum atomic E-state index is -0.296. The predicted molar refractivity (Wildman–Crippen MR) is 103 cm³/mol. The molecule has 1 fully saturated rings. The molecular weight excluding hydrogens is 343 g/mol. The lowest BCUT2D eigenvalue weighted by molar-refractivity contribution is -0.131. The zero-order chi connectivity index (χ0) is 19.1. The Morgan fingerprint density at radius 1 is 0.963 bits per heavy atom. The highest BCUT2D eigenvalue weighted by molar-refractivity contribution is 5.79. The summed E-state index contributed by atoms with van der Waals surface area (Å²) >= 11 is 0. The fraction of sp³-hybridized carbons (Fsp3) is 0.364. The number of hydrogen-bond acceptors (Lipinski definition) is 2. The van der Waals surface area contributed by atoms with Crippen molar-refractivity contribution in [3.05, 3.63) is 71.5 Å². The molecule has 4 nitrogen and oxygen atoms in total. The first-order valence-electron chi connectivity index (χ1n) is 9.45. The smallest absolute Gasteiger partial charge is 0.226 e. The Kier molecular flexibility index (Phi) is 6.58. The standard InChI is InChI=1S/C22H25FN2O2/c23-19-9-6-18(7-10-19)16-22(27)25-14-12-20(13-15-25)24-21(26)11-8-17-4-2-1-3-5-17/h1-7,9-10,20H,8,11-16H2,(H,24,26). The summed E-state index contributed by atoms with van der Waals surface area (Å²) < 4.78 is 12.9. The van der Waals surface area contributed by atoms with Crippen molar-refractivity contribution in [2.75, 3.05) is 13.1 Å². The molecule has 1 heterocycles. The van der Waals surface area contributed by atoms with Gasteiger partial charge < -0.3 is 10.2 Å². The van der Waals surface area contributed by atoms with Crippen LogP contribution in [0.15, 0.2) is 54.6 Å². The van der Waals surface area contributed by atoms with Gasteiger partial charge in [0.05, 0.1) is 6.42 Å². The number of nitrogens with one attached hydrogen (secondary N) is 1. The molecule has 142 valence electrons. The average molecular weight is 368 g/mol. The van der Waals surface area contributed by atoms with E-state index in [1.165, 1.54) is 12.1 Å². The van der Waals surface area contributed by atoms with E-state index < -0.39 is 0 Å². The zero-order valence-corrected chi connectivity index (χ0v) is 15.4. The van der Waals surface area contributed by atoms with E-state index in [-0.39, 0.29) is 30.1 Å². The maximum absolute atomic E-state index is 12.9. The molecule has 0 atom stereocenters. The van der Waals surface area contributed by atoms with Gasteiger partial charge in [-0.2, -0.15) is 0 Å². The molecule has 27 heavy (non-hydrogen) atoms. The molecule has 2 amide bonds. The van der Waals surface area contributed by atoms with Crippen LogP contribution in [0.3, 0.4) is 0 Å². The van der Waals surface area contributed by atoms with Crippen LogP contribution >= 0.6 is 0 Å². The summed E-state index contributed by atoms with van der Waals surface area (Å²) in [6, 6.07) is 16.1. The Hall–Kier alpha value is -2.69. The number of amides is 2. The van der Waals surface area contributed by atoms with Crippen molar-refractivity contribution < 1.29 is 14.0 Å². The molecule has 0 unspecified atom stereocenters. The Balaban J connectivity index is 1.38. The number of rotatable bonds is 6. The predicted octanol–water partition coefficient (Wildman–Crippen LogP) is 3.11. The highest BCUT2D eigenvalue weighted by Gasteiger charge is 2.23. The number of nitrogens with zero attached hydrogens (tertiary/aromatic N) is 1. The van der Waals surface area contributed by atoms with Crippen LogP contribution in [0.25, 0.3) is 0 Å². The van der Waals surface area contributed by atoms with E-state index >= 15 is 0 Å². The Morgan fingerprint density at radius 2 is 1.63 bits per heavy atom. The van der Waals surface area contributed by atoms with Crippen LogP contribution in [0.2, 0.25) is 0 Å². The molecule has 0 spiro atoms. The van der Waals surface area contributed by atoms with Crippen LogP contribution in [0.5, 0.6) is 0 Å². The van der Waals surface area contributed by atoms with Crippen molar-refractivity contribution in [2.24, 2.45) is 0 Å². The SMILES string of the molecule is O=C(CCc1ccccc1)NC1CCN(C(=O)Cc2ccc(F)cc2)CC1. The summed E-state index contributed by atoms with van der Waals surface area (Å²) in [5, 5.41) is 3.09. The fourth-order valence-corrected chi connectivity index (χ4v) is 3.36. The van der Waals surface area contributed by atoms with Gasteiger partial charge in [-0.1, -0.05) is 42.5 Å². The Labute approximate surface area is 159 Å². The maximum Gasteiger partial charge on any atom is 0.226 e. The third-order valence-electron chi connectivity index (χ3n) is 4.96. The average Bonchev–Trinajstić information content (AvgIpc) is 2.69. The lowest BCUT2D eigenvalue weighted by Crippen LogP contribution is -2.47. The second-order valence-corrected chi connectivity index (χ2v) is 7.01. The topological polar surface area (TPSA) is 49.4 Å². The molecule has 3 rings (SSSR count). The minimum absolute atomic E-state index is 0.0514. The second kappa shape index (κ2) is 9.31. The number of carbonyl (C=O) groups is 2. The normalized spacial score (nSPS) is 14.8. The van der Waals surface area contributed by atoms with Crippen molar-refractivity contribution in [2.45, 2.75) is 38.1 Å². The lowest BCUT2D eigenvalue weighted by Gasteiger charge is -2.32. The van der Waals surface area contributed by atoms with E-state index in [4.69, 9.17) is 0 Å². The van der Waals surface area contributed by atoms with Crippen LogP contribution in [0.4, 0.5) is 4.39 Å². The third kappa shape index (κ3) is 5.91. The molecule has 1 aliphatic heterocycles. The first-order valence-corrected chi connectivity index (χ1v) is 9.45. The highest BCUT2D eigenvalue weighted by atomic mass is 19.1. The van der Waals surface area contributed by atoms with Gasteiger partial charge in [0, 0.05) is 25.6 Å². The molecule has 2 aromatic carbocycles. The zero-order valence-electron chi connectivity index (χ0n) is 15.4. The molecule has 5 heteroatoms. The van der Waals surface area contributed by atoms with Crippen molar-refractivity contribution in [3.8, 4) is 0 Å². The van der Waals surface area contributed by atoms with Crippen LogP contribution < -0.4 is 5.32 Å². The van der Waals surface area contributed by atoms with E-state index in [1.54, 1.807) is 12.1 Å². The molecule has 0 bridgehead atoms. The lowest BCUT2D eigenvalue weighted by atomic mass is 10.0. The van der Waals surface area contributed by atoms with Crippen molar-refractivity contribution in [1.29, 1.82) is 0 Å². The molecule has 0 saturated carbocycles. The summed E-state index contributed by atoms with van der Waals surface area (Å²) in [6.45, 7) is 1.29. The first-order chi connectivity index (χ1) is 13.1. The quantitative estimate of drug-likeness (QED) is 0.852. The van der Waals surface area contributed by atoms with Gasteiger partial charge in [-0.3, -0.25) is 9.59 Å². The number of halogens is 1. The van der Waals surface area contributed by atoms with Crippen molar-refractivity contribution >= 4 is 11.8 Å². The van der Waals surface area contributed by atoms with Crippen LogP contribution in [-0.4, -0.2) is 35.8 Å². The monoisotopic (exact) mass is 368 g/mol. The number of benzene rings is 2. The second-order valence-electron chi connectivity index (χ2n) is 7.01. The van der Waals surface area contributed by atoms with Gasteiger partial charge in [0.2, 0.25) is 11.8 Å². The van der Waals surface area contributed by atoms with E-state index in [9.17, 15) is 14.0 Å². The molecule has 1 aliphatic rings. The fourth-order valence-electron chi connectivity index (χ4n) is 3.36. The van der Waals surface area contributed by atoms with Gasteiger partial charge in [-0.05, 0) is 42.5 Å². The minimum Gasteiger partial charge on any atom is -0.353 e. The van der Waals surface area contributed by atoms with Crippen LogP contribution in [0, 0.1) is 5.82 Å². The largest absolute Gasteiger partial charge is 0.353 e. The molecule has 1 saturated heterocycles. The summed E-state index contributed by atoms with van der Waals surface area (Å²) in [5.41, 5.74) is 1.98. The van der Waals surface area contributed by atoms with Gasteiger partial charge in [-0.25, -0.2) is 4.39 Å². The van der Waals surface area contributed by atoms with Crippen molar-refractivity contribution in [1.82, 2.24) is 10.2 Å². The summed E-state index contributed by atoms with van der Waals surface area (Å²) in [7, 11) is 0. The van der Waals surface area contributed by atoms with E-state index in [0.29, 0.717) is 19.5 Å². The van der Waals surface area contributed by atoms with Gasteiger partial charge in [-0.15, -0.1) is 0 Å². The van der Waals surface area contributed by atoms with Crippen molar-refractivity contribution in [3.63, 3.8) is 0 Å². The van der Waals surface area contributed by atoms with Gasteiger partial charge >= 0.3 is 0 Å². The summed E-state index contributed by atoms with van der Waals surface area (Å²) in [6.07, 6.45) is 3.04. The number of piperidine rings is 1.